The number of benzene rings is 2. The van der Waals surface area contributed by atoms with Crippen molar-refractivity contribution in [3.63, 3.8) is 0 Å². The fraction of sp³-hybridized carbons (Fsp3) is 0.172. The van der Waals surface area contributed by atoms with Gasteiger partial charge in [-0.25, -0.2) is 19.3 Å². The number of amides is 1. The van der Waals surface area contributed by atoms with E-state index in [1.807, 2.05) is 31.2 Å². The summed E-state index contributed by atoms with van der Waals surface area (Å²) in [5.74, 6) is 1.09. The van der Waals surface area contributed by atoms with Gasteiger partial charge in [0.25, 0.3) is 5.91 Å². The van der Waals surface area contributed by atoms with Gasteiger partial charge in [-0.05, 0) is 55.0 Å². The van der Waals surface area contributed by atoms with Gasteiger partial charge in [-0.1, -0.05) is 12.1 Å². The molecule has 0 saturated heterocycles. The van der Waals surface area contributed by atoms with Crippen LogP contribution in [-0.4, -0.2) is 35.1 Å². The first-order chi connectivity index (χ1) is 19.0. The number of halogens is 1. The predicted molar refractivity (Wildman–Crippen MR) is 150 cm³/mol. The summed E-state index contributed by atoms with van der Waals surface area (Å²) in [4.78, 5) is 28.4. The molecular weight excluding hydrogens is 517 g/mol. The highest BCUT2D eigenvalue weighted by Gasteiger charge is 2.17. The molecule has 0 aliphatic rings. The number of fused-ring (bicyclic) bond motifs is 1. The Kier molecular flexibility index (Phi) is 7.64. The average molecular weight is 544 g/mol. The van der Waals surface area contributed by atoms with Crippen LogP contribution < -0.4 is 20.1 Å². The number of hydrogen-bond acceptors (Lipinski definition) is 8. The zero-order valence-electron chi connectivity index (χ0n) is 21.6. The van der Waals surface area contributed by atoms with Crippen molar-refractivity contribution in [1.29, 1.82) is 0 Å². The van der Waals surface area contributed by atoms with Crippen LogP contribution in [0.4, 0.5) is 10.2 Å². The second-order valence-electron chi connectivity index (χ2n) is 8.71. The van der Waals surface area contributed by atoms with Gasteiger partial charge in [0.15, 0.2) is 11.5 Å². The number of carbonyl (C=O) groups is 1. The Balaban J connectivity index is 1.32. The quantitative estimate of drug-likeness (QED) is 0.235. The van der Waals surface area contributed by atoms with Crippen LogP contribution in [0.5, 0.6) is 11.5 Å². The van der Waals surface area contributed by atoms with E-state index in [1.165, 1.54) is 18.5 Å². The summed E-state index contributed by atoms with van der Waals surface area (Å²) in [6.45, 7) is 2.32. The molecule has 0 aliphatic heterocycles. The highest BCUT2D eigenvalue weighted by molar-refractivity contribution is 7.15. The molecule has 1 unspecified atom stereocenters. The summed E-state index contributed by atoms with van der Waals surface area (Å²) >= 11 is 1.58. The molecule has 0 radical (unpaired) electrons. The van der Waals surface area contributed by atoms with Crippen molar-refractivity contribution in [3.8, 4) is 22.1 Å². The highest BCUT2D eigenvalue weighted by Crippen LogP contribution is 2.37. The molecule has 1 amide bonds. The molecule has 8 nitrogen and oxygen atoms in total. The minimum atomic E-state index is -0.319. The van der Waals surface area contributed by atoms with E-state index in [1.54, 1.807) is 56.0 Å². The lowest BCUT2D eigenvalue weighted by Gasteiger charge is -2.16. The Bertz CT molecular complexity index is 1620. The summed E-state index contributed by atoms with van der Waals surface area (Å²) < 4.78 is 24.1. The van der Waals surface area contributed by atoms with Crippen molar-refractivity contribution in [2.45, 2.75) is 19.5 Å². The third-order valence-electron chi connectivity index (χ3n) is 6.24. The number of hydrogen-bond donors (Lipinski definition) is 2. The molecule has 198 valence electrons. The van der Waals surface area contributed by atoms with Crippen molar-refractivity contribution < 1.29 is 18.7 Å². The lowest BCUT2D eigenvalue weighted by atomic mass is 10.1. The monoisotopic (exact) mass is 543 g/mol. The Morgan fingerprint density at radius 1 is 1.00 bits per heavy atom. The molecule has 2 N–H and O–H groups in total. The lowest BCUT2D eigenvalue weighted by Crippen LogP contribution is -2.27. The van der Waals surface area contributed by atoms with Crippen LogP contribution in [0.25, 0.3) is 21.5 Å². The SMILES string of the molecule is COc1cc2ncnc(-c3ccc(CNc4ncccc4C(=O)NC(C)c4ccc(F)cc4)s3)c2cc1OC. The van der Waals surface area contributed by atoms with E-state index in [0.717, 1.165) is 31.9 Å². The van der Waals surface area contributed by atoms with E-state index in [2.05, 4.69) is 25.6 Å². The molecule has 0 fully saturated rings. The van der Waals surface area contributed by atoms with Crippen LogP contribution in [0.2, 0.25) is 0 Å². The Hall–Kier alpha value is -4.57. The first-order valence-corrected chi connectivity index (χ1v) is 13.0. The Labute approximate surface area is 228 Å². The number of nitrogens with one attached hydrogen (secondary N) is 2. The van der Waals surface area contributed by atoms with Crippen LogP contribution >= 0.6 is 11.3 Å². The number of nitrogens with zero attached hydrogens (tertiary/aromatic N) is 3. The van der Waals surface area contributed by atoms with Gasteiger partial charge >= 0.3 is 0 Å². The fourth-order valence-corrected chi connectivity index (χ4v) is 5.15. The maximum Gasteiger partial charge on any atom is 0.255 e. The maximum absolute atomic E-state index is 13.3. The van der Waals surface area contributed by atoms with Crippen molar-refractivity contribution >= 4 is 34.0 Å². The van der Waals surface area contributed by atoms with E-state index >= 15 is 0 Å². The van der Waals surface area contributed by atoms with E-state index in [0.29, 0.717) is 29.4 Å². The predicted octanol–water partition coefficient (Wildman–Crippen LogP) is 6.01. The summed E-state index contributed by atoms with van der Waals surface area (Å²) in [5.41, 5.74) is 2.78. The molecule has 39 heavy (non-hydrogen) atoms. The molecule has 10 heteroatoms. The summed E-state index contributed by atoms with van der Waals surface area (Å²) in [6, 6.07) is 16.9. The van der Waals surface area contributed by atoms with E-state index in [9.17, 15) is 9.18 Å². The van der Waals surface area contributed by atoms with Crippen molar-refractivity contribution in [2.24, 2.45) is 0 Å². The van der Waals surface area contributed by atoms with Crippen LogP contribution in [0.1, 0.15) is 33.8 Å². The first-order valence-electron chi connectivity index (χ1n) is 12.2. The standard InChI is InChI=1S/C29H26FN5O3S/c1-17(18-6-8-19(30)9-7-18)35-29(36)21-5-4-12-31-28(21)32-15-20-10-11-26(39-20)27-22-13-24(37-2)25(38-3)14-23(22)33-16-34-27/h4-14,16-17H,15H2,1-3H3,(H,31,32)(H,35,36). The van der Waals surface area contributed by atoms with Gasteiger partial charge in [0.05, 0.1) is 48.5 Å². The number of rotatable bonds is 9. The molecule has 5 rings (SSSR count). The van der Waals surface area contributed by atoms with Crippen LogP contribution in [-0.2, 0) is 6.54 Å². The van der Waals surface area contributed by atoms with Crippen LogP contribution in [0.15, 0.2) is 73.2 Å². The number of aromatic nitrogens is 3. The van der Waals surface area contributed by atoms with Gasteiger partial charge < -0.3 is 20.1 Å². The minimum Gasteiger partial charge on any atom is -0.493 e. The van der Waals surface area contributed by atoms with Gasteiger partial charge in [0.1, 0.15) is 18.0 Å². The highest BCUT2D eigenvalue weighted by atomic mass is 32.1. The summed E-state index contributed by atoms with van der Waals surface area (Å²) in [6.07, 6.45) is 3.17. The van der Waals surface area contributed by atoms with E-state index < -0.39 is 0 Å². The largest absolute Gasteiger partial charge is 0.493 e. The zero-order chi connectivity index (χ0) is 27.4. The van der Waals surface area contributed by atoms with Gasteiger partial charge in [-0.15, -0.1) is 11.3 Å². The van der Waals surface area contributed by atoms with Crippen molar-refractivity contribution in [3.05, 3.63) is 95.0 Å². The fourth-order valence-electron chi connectivity index (χ4n) is 4.19. The molecule has 0 saturated carbocycles. The molecule has 3 aromatic heterocycles. The van der Waals surface area contributed by atoms with Gasteiger partial charge in [-0.2, -0.15) is 0 Å². The van der Waals surface area contributed by atoms with E-state index in [4.69, 9.17) is 9.47 Å². The van der Waals surface area contributed by atoms with Gasteiger partial charge in [0, 0.05) is 22.5 Å². The van der Waals surface area contributed by atoms with Crippen molar-refractivity contribution in [1.82, 2.24) is 20.3 Å². The number of methoxy groups -OCH3 is 2. The molecule has 0 bridgehead atoms. The number of ether oxygens (including phenoxy) is 2. The lowest BCUT2D eigenvalue weighted by molar-refractivity contribution is 0.0940. The molecule has 0 spiro atoms. The number of anilines is 1. The maximum atomic E-state index is 13.3. The Morgan fingerprint density at radius 3 is 2.54 bits per heavy atom. The number of carbonyl (C=O) groups excluding carboxylic acids is 1. The normalized spacial score (nSPS) is 11.7. The van der Waals surface area contributed by atoms with E-state index in [-0.39, 0.29) is 17.8 Å². The average Bonchev–Trinajstić information content (AvgIpc) is 3.44. The minimum absolute atomic E-state index is 0.272. The van der Waals surface area contributed by atoms with Crippen molar-refractivity contribution in [2.75, 3.05) is 19.5 Å². The second-order valence-corrected chi connectivity index (χ2v) is 9.88. The van der Waals surface area contributed by atoms with Gasteiger partial charge in [-0.3, -0.25) is 4.79 Å². The zero-order valence-corrected chi connectivity index (χ0v) is 22.4. The summed E-state index contributed by atoms with van der Waals surface area (Å²) in [7, 11) is 3.19. The van der Waals surface area contributed by atoms with Gasteiger partial charge in [0.2, 0.25) is 0 Å². The smallest absolute Gasteiger partial charge is 0.255 e. The Morgan fingerprint density at radius 2 is 1.77 bits per heavy atom. The molecule has 2 aromatic carbocycles. The number of thiophene rings is 1. The van der Waals surface area contributed by atoms with Crippen LogP contribution in [0, 0.1) is 5.82 Å². The number of pyridine rings is 1. The third-order valence-corrected chi connectivity index (χ3v) is 7.33. The summed E-state index contributed by atoms with van der Waals surface area (Å²) in [5, 5.41) is 7.10. The first kappa shape index (κ1) is 26.1. The molecule has 1 atom stereocenters. The molecule has 3 heterocycles. The molecule has 0 aliphatic carbocycles. The molecule has 5 aromatic rings. The second kappa shape index (κ2) is 11.4. The topological polar surface area (TPSA) is 98.3 Å². The third kappa shape index (κ3) is 5.65. The van der Waals surface area contributed by atoms with Crippen LogP contribution in [0.3, 0.4) is 0 Å². The molecular formula is C29H26FN5O3S.